The first kappa shape index (κ1) is 25.7. The third-order valence-electron chi connectivity index (χ3n) is 7.22. The summed E-state index contributed by atoms with van der Waals surface area (Å²) >= 11 is 0. The van der Waals surface area contributed by atoms with Gasteiger partial charge in [0.25, 0.3) is 5.91 Å². The summed E-state index contributed by atoms with van der Waals surface area (Å²) in [5.74, 6) is -1.15. The zero-order chi connectivity index (χ0) is 26.0. The largest absolute Gasteiger partial charge is 0.480 e. The number of amides is 1. The van der Waals surface area contributed by atoms with Crippen LogP contribution in [0.4, 0.5) is 10.1 Å². The third kappa shape index (κ3) is 5.23. The summed E-state index contributed by atoms with van der Waals surface area (Å²) < 4.78 is 15.9. The lowest BCUT2D eigenvalue weighted by molar-refractivity contribution is -0.138. The molecular formula is C28H35FN4O3. The number of fused-ring (bicyclic) bond motifs is 1. The van der Waals surface area contributed by atoms with Gasteiger partial charge in [-0.2, -0.15) is 0 Å². The maximum Gasteiger partial charge on any atom is 0.317 e. The summed E-state index contributed by atoms with van der Waals surface area (Å²) in [7, 11) is 0. The molecule has 36 heavy (non-hydrogen) atoms. The maximum absolute atomic E-state index is 13.6. The highest BCUT2D eigenvalue weighted by atomic mass is 19.1. The van der Waals surface area contributed by atoms with Gasteiger partial charge in [0.2, 0.25) is 0 Å². The second kappa shape index (κ2) is 10.7. The number of aryl methyl sites for hydroxylation is 3. The van der Waals surface area contributed by atoms with E-state index in [1.165, 1.54) is 17.8 Å². The highest BCUT2D eigenvalue weighted by Gasteiger charge is 2.25. The van der Waals surface area contributed by atoms with Gasteiger partial charge in [0.1, 0.15) is 5.82 Å². The Hall–Kier alpha value is -3.39. The van der Waals surface area contributed by atoms with Crippen LogP contribution in [0.2, 0.25) is 0 Å². The number of carbonyl (C=O) groups is 2. The Bertz CT molecular complexity index is 1290. The minimum absolute atomic E-state index is 0.00568. The van der Waals surface area contributed by atoms with E-state index in [9.17, 15) is 14.0 Å². The number of aromatic nitrogens is 1. The number of hydrogen-bond donors (Lipinski definition) is 2. The van der Waals surface area contributed by atoms with Gasteiger partial charge in [0.05, 0.1) is 17.7 Å². The van der Waals surface area contributed by atoms with Crippen LogP contribution in [0, 0.1) is 26.6 Å². The first-order chi connectivity index (χ1) is 17.2. The van der Waals surface area contributed by atoms with Crippen LogP contribution in [-0.4, -0.2) is 64.1 Å². The summed E-state index contributed by atoms with van der Waals surface area (Å²) in [6.45, 7) is 11.7. The summed E-state index contributed by atoms with van der Waals surface area (Å²) in [5.41, 5.74) is 6.78. The van der Waals surface area contributed by atoms with Gasteiger partial charge in [-0.3, -0.25) is 14.5 Å². The SMILES string of the molecule is CCCn1c(C)c(C)c2cc(C(=O)N3CCN(CC(=O)O)CC3)cc(NCc3ccc(F)cc3C)c21. The summed E-state index contributed by atoms with van der Waals surface area (Å²) in [5, 5.41) is 13.6. The fourth-order valence-corrected chi connectivity index (χ4v) is 5.07. The van der Waals surface area contributed by atoms with Crippen LogP contribution in [0.3, 0.4) is 0 Å². The van der Waals surface area contributed by atoms with Crippen molar-refractivity contribution in [1.82, 2.24) is 14.4 Å². The van der Waals surface area contributed by atoms with Gasteiger partial charge < -0.3 is 19.9 Å². The first-order valence-corrected chi connectivity index (χ1v) is 12.5. The molecule has 4 rings (SSSR count). The fraction of sp³-hybridized carbons (Fsp3) is 0.429. The number of halogens is 1. The van der Waals surface area contributed by atoms with Gasteiger partial charge in [-0.1, -0.05) is 13.0 Å². The second-order valence-electron chi connectivity index (χ2n) is 9.67. The molecule has 192 valence electrons. The number of hydrogen-bond acceptors (Lipinski definition) is 4. The Morgan fingerprint density at radius 1 is 1.06 bits per heavy atom. The number of aliphatic carboxylic acids is 1. The van der Waals surface area contributed by atoms with Gasteiger partial charge in [-0.05, 0) is 68.1 Å². The molecule has 8 heteroatoms. The molecule has 1 amide bonds. The van der Waals surface area contributed by atoms with E-state index in [0.717, 1.165) is 46.2 Å². The Kier molecular flexibility index (Phi) is 7.64. The van der Waals surface area contributed by atoms with Crippen molar-refractivity contribution in [3.05, 3.63) is 64.1 Å². The lowest BCUT2D eigenvalue weighted by atomic mass is 10.0. The van der Waals surface area contributed by atoms with Crippen molar-refractivity contribution in [3.8, 4) is 0 Å². The molecule has 0 spiro atoms. The van der Waals surface area contributed by atoms with Crippen molar-refractivity contribution >= 4 is 28.5 Å². The molecule has 0 atom stereocenters. The number of rotatable bonds is 8. The Morgan fingerprint density at radius 2 is 1.78 bits per heavy atom. The van der Waals surface area contributed by atoms with Crippen molar-refractivity contribution in [3.63, 3.8) is 0 Å². The van der Waals surface area contributed by atoms with Gasteiger partial charge >= 0.3 is 5.97 Å². The molecule has 1 aromatic heterocycles. The van der Waals surface area contributed by atoms with Crippen LogP contribution in [0.1, 0.15) is 46.1 Å². The van der Waals surface area contributed by atoms with Crippen LogP contribution >= 0.6 is 0 Å². The van der Waals surface area contributed by atoms with E-state index in [4.69, 9.17) is 5.11 Å². The second-order valence-corrected chi connectivity index (χ2v) is 9.67. The van der Waals surface area contributed by atoms with E-state index in [-0.39, 0.29) is 18.3 Å². The zero-order valence-corrected chi connectivity index (χ0v) is 21.5. The van der Waals surface area contributed by atoms with Gasteiger partial charge in [0.15, 0.2) is 0 Å². The number of carboxylic acids is 1. The molecular weight excluding hydrogens is 459 g/mol. The molecule has 1 aliphatic rings. The summed E-state index contributed by atoms with van der Waals surface area (Å²) in [6.07, 6.45) is 0.988. The Labute approximate surface area is 211 Å². The maximum atomic E-state index is 13.6. The summed E-state index contributed by atoms with van der Waals surface area (Å²) in [6, 6.07) is 8.71. The molecule has 0 saturated carbocycles. The number of benzene rings is 2. The fourth-order valence-electron chi connectivity index (χ4n) is 5.07. The lowest BCUT2D eigenvalue weighted by Crippen LogP contribution is -2.49. The minimum Gasteiger partial charge on any atom is -0.480 e. The monoisotopic (exact) mass is 494 g/mol. The van der Waals surface area contributed by atoms with Gasteiger partial charge in [0, 0.05) is 55.9 Å². The number of carbonyl (C=O) groups excluding carboxylic acids is 1. The lowest BCUT2D eigenvalue weighted by Gasteiger charge is -2.34. The van der Waals surface area contributed by atoms with E-state index < -0.39 is 5.97 Å². The minimum atomic E-state index is -0.852. The predicted octanol–water partition coefficient (Wildman–Crippen LogP) is 4.57. The average molecular weight is 495 g/mol. The molecule has 2 aromatic carbocycles. The van der Waals surface area contributed by atoms with E-state index in [2.05, 4.69) is 30.7 Å². The summed E-state index contributed by atoms with van der Waals surface area (Å²) in [4.78, 5) is 28.2. The van der Waals surface area contributed by atoms with Gasteiger partial charge in [-0.15, -0.1) is 0 Å². The molecule has 1 aliphatic heterocycles. The molecule has 1 saturated heterocycles. The van der Waals surface area contributed by atoms with E-state index >= 15 is 0 Å². The van der Waals surface area contributed by atoms with E-state index in [1.807, 2.05) is 24.0 Å². The van der Waals surface area contributed by atoms with Crippen molar-refractivity contribution in [2.75, 3.05) is 38.0 Å². The number of piperazine rings is 1. The molecule has 0 unspecified atom stereocenters. The Morgan fingerprint density at radius 3 is 2.42 bits per heavy atom. The third-order valence-corrected chi connectivity index (χ3v) is 7.22. The van der Waals surface area contributed by atoms with Crippen molar-refractivity contribution < 1.29 is 19.1 Å². The molecule has 0 aliphatic carbocycles. The molecule has 7 nitrogen and oxygen atoms in total. The molecule has 3 aromatic rings. The molecule has 2 heterocycles. The smallest absolute Gasteiger partial charge is 0.317 e. The van der Waals surface area contributed by atoms with Crippen LogP contribution in [0.25, 0.3) is 10.9 Å². The topological polar surface area (TPSA) is 77.8 Å². The quantitative estimate of drug-likeness (QED) is 0.480. The number of nitrogens with zero attached hydrogens (tertiary/aromatic N) is 3. The number of carboxylic acid groups (broad SMARTS) is 1. The van der Waals surface area contributed by atoms with E-state index in [1.54, 1.807) is 11.0 Å². The average Bonchev–Trinajstić information content (AvgIpc) is 3.08. The van der Waals surface area contributed by atoms with Crippen molar-refractivity contribution in [1.29, 1.82) is 0 Å². The Balaban J connectivity index is 1.68. The first-order valence-electron chi connectivity index (χ1n) is 12.5. The van der Waals surface area contributed by atoms with Gasteiger partial charge in [-0.25, -0.2) is 4.39 Å². The van der Waals surface area contributed by atoms with E-state index in [0.29, 0.717) is 38.3 Å². The van der Waals surface area contributed by atoms with Crippen LogP contribution < -0.4 is 5.32 Å². The standard InChI is InChI=1S/C28H35FN4O3/c1-5-8-33-20(4)19(3)24-14-22(28(36)32-11-9-31(10-12-32)17-26(34)35)15-25(27(24)33)30-16-21-6-7-23(29)13-18(21)2/h6-7,13-15,30H,5,8-12,16-17H2,1-4H3,(H,34,35). The highest BCUT2D eigenvalue weighted by Crippen LogP contribution is 2.34. The number of nitrogens with one attached hydrogen (secondary N) is 1. The molecule has 1 fully saturated rings. The number of anilines is 1. The van der Waals surface area contributed by atoms with Crippen molar-refractivity contribution in [2.45, 2.75) is 47.2 Å². The zero-order valence-electron chi connectivity index (χ0n) is 21.5. The van der Waals surface area contributed by atoms with Crippen LogP contribution in [0.15, 0.2) is 30.3 Å². The molecule has 0 bridgehead atoms. The highest BCUT2D eigenvalue weighted by molar-refractivity contribution is 6.04. The van der Waals surface area contributed by atoms with Crippen LogP contribution in [0.5, 0.6) is 0 Å². The normalized spacial score (nSPS) is 14.4. The van der Waals surface area contributed by atoms with Crippen LogP contribution in [-0.2, 0) is 17.9 Å². The predicted molar refractivity (Wildman–Crippen MR) is 140 cm³/mol. The van der Waals surface area contributed by atoms with Crippen molar-refractivity contribution in [2.24, 2.45) is 0 Å². The molecule has 0 radical (unpaired) electrons. The molecule has 2 N–H and O–H groups in total.